The molecule has 4 rings (SSSR count). The van der Waals surface area contributed by atoms with E-state index in [0.29, 0.717) is 15.9 Å². The van der Waals surface area contributed by atoms with Crippen LogP contribution in [0.3, 0.4) is 0 Å². The molecule has 1 aromatic carbocycles. The summed E-state index contributed by atoms with van der Waals surface area (Å²) in [5, 5.41) is 6.11. The molecule has 3 heterocycles. The summed E-state index contributed by atoms with van der Waals surface area (Å²) < 4.78 is 2.83. The van der Waals surface area contributed by atoms with E-state index >= 15 is 0 Å². The average Bonchev–Trinajstić information content (AvgIpc) is 2.95. The normalized spacial score (nSPS) is 11.3. The maximum Gasteiger partial charge on any atom is 0.297 e. The highest BCUT2D eigenvalue weighted by Crippen LogP contribution is 2.30. The summed E-state index contributed by atoms with van der Waals surface area (Å²) in [5.74, 6) is -0.0828. The molecule has 0 radical (unpaired) electrons. The van der Waals surface area contributed by atoms with E-state index in [-0.39, 0.29) is 17.4 Å². The first-order chi connectivity index (χ1) is 12.9. The molecule has 9 heteroatoms. The minimum absolute atomic E-state index is 0.160. The number of aromatic nitrogens is 5. The van der Waals surface area contributed by atoms with Crippen LogP contribution < -0.4 is 5.56 Å². The molecule has 0 aliphatic rings. The van der Waals surface area contributed by atoms with Crippen molar-refractivity contribution in [2.75, 3.05) is 14.1 Å². The van der Waals surface area contributed by atoms with Gasteiger partial charge >= 0.3 is 0 Å². The van der Waals surface area contributed by atoms with Gasteiger partial charge in [0.25, 0.3) is 11.5 Å². The molecule has 136 valence electrons. The van der Waals surface area contributed by atoms with Crippen molar-refractivity contribution in [1.82, 2.24) is 29.2 Å². The molecule has 0 aliphatic carbocycles. The minimum atomic E-state index is -0.393. The Labute approximate surface area is 158 Å². The molecule has 0 aliphatic heterocycles. The zero-order chi connectivity index (χ0) is 19.3. The summed E-state index contributed by atoms with van der Waals surface area (Å²) in [7, 11) is 5.03. The van der Waals surface area contributed by atoms with Crippen molar-refractivity contribution in [2.45, 2.75) is 0 Å². The fraction of sp³-hybridized carbons (Fsp3) is 0.167. The number of amides is 1. The third-order valence-corrected chi connectivity index (χ3v) is 4.60. The van der Waals surface area contributed by atoms with E-state index in [4.69, 9.17) is 11.6 Å². The van der Waals surface area contributed by atoms with Gasteiger partial charge in [0, 0.05) is 49.3 Å². The molecule has 0 saturated heterocycles. The highest BCUT2D eigenvalue weighted by molar-refractivity contribution is 6.31. The van der Waals surface area contributed by atoms with Crippen LogP contribution in [0.15, 0.2) is 41.6 Å². The van der Waals surface area contributed by atoms with Crippen molar-refractivity contribution in [1.29, 1.82) is 0 Å². The monoisotopic (exact) mass is 382 g/mol. The molecular formula is C18H15ClN6O2. The Balaban J connectivity index is 2.23. The predicted molar refractivity (Wildman–Crippen MR) is 102 cm³/mol. The van der Waals surface area contributed by atoms with Crippen molar-refractivity contribution in [3.8, 4) is 5.82 Å². The molecule has 0 unspecified atom stereocenters. The molecule has 4 aromatic rings. The van der Waals surface area contributed by atoms with E-state index in [9.17, 15) is 9.59 Å². The predicted octanol–water partition coefficient (Wildman–Crippen LogP) is 2.02. The zero-order valence-corrected chi connectivity index (χ0v) is 15.6. The van der Waals surface area contributed by atoms with Gasteiger partial charge in [-0.1, -0.05) is 17.7 Å². The van der Waals surface area contributed by atoms with Crippen molar-refractivity contribution >= 4 is 39.3 Å². The minimum Gasteiger partial charge on any atom is -0.343 e. The van der Waals surface area contributed by atoms with Gasteiger partial charge in [0.2, 0.25) is 0 Å². The highest BCUT2D eigenvalue weighted by atomic mass is 35.5. The van der Waals surface area contributed by atoms with E-state index in [0.717, 1.165) is 15.6 Å². The third-order valence-electron chi connectivity index (χ3n) is 4.37. The van der Waals surface area contributed by atoms with Gasteiger partial charge in [0.1, 0.15) is 5.52 Å². The van der Waals surface area contributed by atoms with Crippen LogP contribution in [0.25, 0.3) is 27.6 Å². The van der Waals surface area contributed by atoms with Gasteiger partial charge < -0.3 is 9.47 Å². The lowest BCUT2D eigenvalue weighted by atomic mass is 10.1. The van der Waals surface area contributed by atoms with E-state index in [1.807, 2.05) is 0 Å². The summed E-state index contributed by atoms with van der Waals surface area (Å²) in [6, 6.07) is 5.27. The number of aryl methyl sites for hydroxylation is 1. The van der Waals surface area contributed by atoms with Crippen molar-refractivity contribution < 1.29 is 4.79 Å². The molecule has 0 spiro atoms. The summed E-state index contributed by atoms with van der Waals surface area (Å²) in [6.07, 6.45) is 4.38. The van der Waals surface area contributed by atoms with E-state index in [2.05, 4.69) is 15.1 Å². The third kappa shape index (κ3) is 2.57. The number of benzene rings is 1. The van der Waals surface area contributed by atoms with Crippen LogP contribution >= 0.6 is 11.6 Å². The maximum absolute atomic E-state index is 13.2. The molecule has 0 atom stereocenters. The van der Waals surface area contributed by atoms with Gasteiger partial charge in [0.05, 0.1) is 11.7 Å². The molecule has 1 amide bonds. The van der Waals surface area contributed by atoms with Gasteiger partial charge in [-0.05, 0) is 12.1 Å². The average molecular weight is 383 g/mol. The lowest BCUT2D eigenvalue weighted by Crippen LogP contribution is -2.30. The number of hydrogen-bond donors (Lipinski definition) is 0. The fourth-order valence-electron chi connectivity index (χ4n) is 3.11. The molecule has 27 heavy (non-hydrogen) atoms. The highest BCUT2D eigenvalue weighted by Gasteiger charge is 2.24. The number of carbonyl (C=O) groups is 1. The van der Waals surface area contributed by atoms with E-state index in [1.165, 1.54) is 23.5 Å². The number of hydrogen-bond acceptors (Lipinski definition) is 5. The molecule has 0 saturated carbocycles. The summed E-state index contributed by atoms with van der Waals surface area (Å²) in [6.45, 7) is 0. The number of halogens is 1. The largest absolute Gasteiger partial charge is 0.343 e. The molecule has 0 N–H and O–H groups in total. The van der Waals surface area contributed by atoms with Crippen LogP contribution in [0.1, 0.15) is 10.5 Å². The maximum atomic E-state index is 13.2. The topological polar surface area (TPSA) is 85.9 Å². The lowest BCUT2D eigenvalue weighted by molar-refractivity contribution is 0.0822. The quantitative estimate of drug-likeness (QED) is 0.529. The molecule has 3 aromatic heterocycles. The van der Waals surface area contributed by atoms with Gasteiger partial charge in [-0.25, -0.2) is 4.98 Å². The molecule has 8 nitrogen and oxygen atoms in total. The van der Waals surface area contributed by atoms with Crippen LogP contribution in [-0.2, 0) is 7.05 Å². The molecule has 0 fully saturated rings. The van der Waals surface area contributed by atoms with Crippen molar-refractivity contribution in [2.24, 2.45) is 7.05 Å². The summed E-state index contributed by atoms with van der Waals surface area (Å²) in [4.78, 5) is 35.6. The SMILES string of the molecule is CN(C)C(=O)c1nn(-c2cnccn2)c(=O)c2c1c1ccc(Cl)cc1n2C. The second-order valence-electron chi connectivity index (χ2n) is 6.27. The van der Waals surface area contributed by atoms with Crippen molar-refractivity contribution in [3.63, 3.8) is 0 Å². The Morgan fingerprint density at radius 1 is 1.22 bits per heavy atom. The fourth-order valence-corrected chi connectivity index (χ4v) is 3.28. The van der Waals surface area contributed by atoms with Crippen LogP contribution in [0.5, 0.6) is 0 Å². The second kappa shape index (κ2) is 6.17. The first-order valence-electron chi connectivity index (χ1n) is 8.09. The van der Waals surface area contributed by atoms with Crippen LogP contribution in [-0.4, -0.2) is 49.2 Å². The van der Waals surface area contributed by atoms with E-state index < -0.39 is 5.56 Å². The molecular weight excluding hydrogens is 368 g/mol. The Hall–Kier alpha value is -3.26. The zero-order valence-electron chi connectivity index (χ0n) is 14.8. The Kier molecular flexibility index (Phi) is 3.92. The first-order valence-corrected chi connectivity index (χ1v) is 8.47. The number of nitrogens with zero attached hydrogens (tertiary/aromatic N) is 6. The number of rotatable bonds is 2. The summed E-state index contributed by atoms with van der Waals surface area (Å²) >= 11 is 6.13. The van der Waals surface area contributed by atoms with Gasteiger partial charge in [-0.2, -0.15) is 9.78 Å². The number of carbonyl (C=O) groups excluding carboxylic acids is 1. The molecule has 0 bridgehead atoms. The van der Waals surface area contributed by atoms with E-state index in [1.54, 1.807) is 43.9 Å². The van der Waals surface area contributed by atoms with Crippen LogP contribution in [0.2, 0.25) is 5.02 Å². The Bertz CT molecular complexity index is 1260. The standard InChI is InChI=1S/C18H15ClN6O2/c1-23(2)17(26)15-14-11-5-4-10(19)8-12(11)24(3)16(14)18(27)25(22-15)13-9-20-6-7-21-13/h4-9H,1-3H3. The number of fused-ring (bicyclic) bond motifs is 3. The van der Waals surface area contributed by atoms with Crippen LogP contribution in [0.4, 0.5) is 0 Å². The smallest absolute Gasteiger partial charge is 0.297 e. The first kappa shape index (κ1) is 17.2. The lowest BCUT2D eigenvalue weighted by Gasteiger charge is -2.12. The Morgan fingerprint density at radius 3 is 2.67 bits per heavy atom. The summed E-state index contributed by atoms with van der Waals surface area (Å²) in [5.41, 5.74) is 0.850. The van der Waals surface area contributed by atoms with Gasteiger partial charge in [-0.3, -0.25) is 14.6 Å². The second-order valence-corrected chi connectivity index (χ2v) is 6.71. The van der Waals surface area contributed by atoms with Crippen LogP contribution in [0, 0.1) is 0 Å². The van der Waals surface area contributed by atoms with Gasteiger partial charge in [-0.15, -0.1) is 0 Å². The Morgan fingerprint density at radius 2 is 2.00 bits per heavy atom. The van der Waals surface area contributed by atoms with Gasteiger partial charge in [0.15, 0.2) is 11.5 Å². The van der Waals surface area contributed by atoms with Crippen molar-refractivity contribution in [3.05, 3.63) is 57.9 Å².